The molecule has 1 N–H and O–H groups in total. The van der Waals surface area contributed by atoms with E-state index in [-0.39, 0.29) is 10.0 Å². The van der Waals surface area contributed by atoms with E-state index in [4.69, 9.17) is 4.74 Å². The van der Waals surface area contributed by atoms with E-state index in [1.165, 1.54) is 12.1 Å². The molecule has 0 saturated carbocycles. The van der Waals surface area contributed by atoms with Crippen molar-refractivity contribution in [1.82, 2.24) is 0 Å². The van der Waals surface area contributed by atoms with Gasteiger partial charge in [0.25, 0.3) is 0 Å². The molecule has 1 aromatic rings. The van der Waals surface area contributed by atoms with Crippen molar-refractivity contribution >= 4 is 15.9 Å². The van der Waals surface area contributed by atoms with Gasteiger partial charge in [-0.15, -0.1) is 0 Å². The monoisotopic (exact) mass is 354 g/mol. The minimum absolute atomic E-state index is 0.0295. The topological polar surface area (TPSA) is 29.5 Å². The van der Waals surface area contributed by atoms with Gasteiger partial charge in [0.1, 0.15) is 0 Å². The lowest BCUT2D eigenvalue weighted by molar-refractivity contribution is -0.138. The number of methoxy groups -OCH3 is 1. The Labute approximate surface area is 125 Å². The zero-order chi connectivity index (χ0) is 15.6. The van der Waals surface area contributed by atoms with Gasteiger partial charge in [-0.05, 0) is 44.4 Å². The Hall–Kier alpha value is -0.590. The van der Waals surface area contributed by atoms with Crippen molar-refractivity contribution in [1.29, 1.82) is 0 Å². The maximum absolute atomic E-state index is 12.8. The Kier molecular flexibility index (Phi) is 5.63. The van der Waals surface area contributed by atoms with E-state index in [2.05, 4.69) is 15.9 Å². The SMILES string of the molecule is COC(C)(C)CCC(O)c1ccc(Br)c(C(F)(F)F)c1. The van der Waals surface area contributed by atoms with E-state index >= 15 is 0 Å². The fourth-order valence-electron chi connectivity index (χ4n) is 1.72. The van der Waals surface area contributed by atoms with Crippen LogP contribution in [0.5, 0.6) is 0 Å². The lowest BCUT2D eigenvalue weighted by Gasteiger charge is -2.24. The number of rotatable bonds is 5. The quantitative estimate of drug-likeness (QED) is 0.829. The van der Waals surface area contributed by atoms with Gasteiger partial charge in [0, 0.05) is 11.6 Å². The Morgan fingerprint density at radius 2 is 1.90 bits per heavy atom. The molecule has 1 atom stereocenters. The molecule has 0 bridgehead atoms. The first-order valence-corrected chi connectivity index (χ1v) is 6.96. The van der Waals surface area contributed by atoms with Crippen LogP contribution in [0.4, 0.5) is 13.2 Å². The first-order valence-electron chi connectivity index (χ1n) is 6.17. The average molecular weight is 355 g/mol. The number of benzene rings is 1. The van der Waals surface area contributed by atoms with Crippen LogP contribution in [0.2, 0.25) is 0 Å². The minimum Gasteiger partial charge on any atom is -0.388 e. The first-order chi connectivity index (χ1) is 9.07. The van der Waals surface area contributed by atoms with Crippen molar-refractivity contribution < 1.29 is 23.0 Å². The Morgan fingerprint density at radius 1 is 1.30 bits per heavy atom. The smallest absolute Gasteiger partial charge is 0.388 e. The lowest BCUT2D eigenvalue weighted by Crippen LogP contribution is -2.23. The molecule has 6 heteroatoms. The lowest BCUT2D eigenvalue weighted by atomic mass is 9.96. The molecule has 0 aromatic heterocycles. The summed E-state index contributed by atoms with van der Waals surface area (Å²) in [6.45, 7) is 3.73. The van der Waals surface area contributed by atoms with E-state index < -0.39 is 23.4 Å². The van der Waals surface area contributed by atoms with Crippen molar-refractivity contribution in [2.45, 2.75) is 44.6 Å². The predicted octanol–water partition coefficient (Wildman–Crippen LogP) is 4.71. The molecule has 0 radical (unpaired) electrons. The summed E-state index contributed by atoms with van der Waals surface area (Å²) < 4.78 is 43.6. The van der Waals surface area contributed by atoms with Gasteiger partial charge in [0.05, 0.1) is 17.3 Å². The molecular formula is C14H18BrF3O2. The second kappa shape index (κ2) is 6.45. The van der Waals surface area contributed by atoms with E-state index in [0.29, 0.717) is 12.8 Å². The highest BCUT2D eigenvalue weighted by atomic mass is 79.9. The van der Waals surface area contributed by atoms with Crippen LogP contribution in [-0.4, -0.2) is 17.8 Å². The predicted molar refractivity (Wildman–Crippen MR) is 74.4 cm³/mol. The first kappa shape index (κ1) is 17.5. The molecular weight excluding hydrogens is 337 g/mol. The van der Waals surface area contributed by atoms with E-state index in [9.17, 15) is 18.3 Å². The van der Waals surface area contributed by atoms with Crippen LogP contribution in [0.25, 0.3) is 0 Å². The second-order valence-corrected chi connectivity index (χ2v) is 6.11. The number of hydrogen-bond acceptors (Lipinski definition) is 2. The van der Waals surface area contributed by atoms with E-state index in [1.807, 2.05) is 13.8 Å². The number of aliphatic hydroxyl groups excluding tert-OH is 1. The third-order valence-electron chi connectivity index (χ3n) is 3.25. The van der Waals surface area contributed by atoms with Crippen molar-refractivity contribution in [3.05, 3.63) is 33.8 Å². The fourth-order valence-corrected chi connectivity index (χ4v) is 2.19. The van der Waals surface area contributed by atoms with Crippen LogP contribution in [0.3, 0.4) is 0 Å². The molecule has 114 valence electrons. The van der Waals surface area contributed by atoms with Crippen LogP contribution in [0, 0.1) is 0 Å². The van der Waals surface area contributed by atoms with Gasteiger partial charge in [-0.3, -0.25) is 0 Å². The molecule has 20 heavy (non-hydrogen) atoms. The van der Waals surface area contributed by atoms with Crippen molar-refractivity contribution in [3.63, 3.8) is 0 Å². The number of alkyl halides is 3. The number of hydrogen-bond donors (Lipinski definition) is 1. The van der Waals surface area contributed by atoms with Crippen molar-refractivity contribution in [3.8, 4) is 0 Å². The number of aliphatic hydroxyl groups is 1. The fraction of sp³-hybridized carbons (Fsp3) is 0.571. The van der Waals surface area contributed by atoms with E-state index in [0.717, 1.165) is 6.07 Å². The molecule has 0 spiro atoms. The summed E-state index contributed by atoms with van der Waals surface area (Å²) in [6.07, 6.45) is -4.51. The Balaban J connectivity index is 2.87. The van der Waals surface area contributed by atoms with Crippen LogP contribution in [0.1, 0.15) is 43.9 Å². The van der Waals surface area contributed by atoms with Crippen LogP contribution in [0.15, 0.2) is 22.7 Å². The van der Waals surface area contributed by atoms with Gasteiger partial charge < -0.3 is 9.84 Å². The molecule has 1 aromatic carbocycles. The Bertz CT molecular complexity index is 458. The third-order valence-corrected chi connectivity index (χ3v) is 3.94. The molecule has 0 aliphatic carbocycles. The molecule has 0 fully saturated rings. The van der Waals surface area contributed by atoms with Gasteiger partial charge in [0.2, 0.25) is 0 Å². The third kappa shape index (κ3) is 4.75. The number of ether oxygens (including phenoxy) is 1. The van der Waals surface area contributed by atoms with Gasteiger partial charge >= 0.3 is 6.18 Å². The standard InChI is InChI=1S/C14H18BrF3O2/c1-13(2,20-3)7-6-12(19)9-4-5-11(15)10(8-9)14(16,17)18/h4-5,8,12,19H,6-7H2,1-3H3. The summed E-state index contributed by atoms with van der Waals surface area (Å²) in [4.78, 5) is 0. The normalized spacial score (nSPS) is 14.4. The van der Waals surface area contributed by atoms with Gasteiger partial charge in [-0.2, -0.15) is 13.2 Å². The molecule has 0 aliphatic rings. The highest BCUT2D eigenvalue weighted by molar-refractivity contribution is 9.10. The highest BCUT2D eigenvalue weighted by Crippen LogP contribution is 2.37. The summed E-state index contributed by atoms with van der Waals surface area (Å²) >= 11 is 2.88. The van der Waals surface area contributed by atoms with Crippen LogP contribution in [-0.2, 0) is 10.9 Å². The summed E-state index contributed by atoms with van der Waals surface area (Å²) in [6, 6.07) is 3.78. The molecule has 0 heterocycles. The summed E-state index contributed by atoms with van der Waals surface area (Å²) in [5, 5.41) is 10.0. The van der Waals surface area contributed by atoms with Gasteiger partial charge in [-0.25, -0.2) is 0 Å². The molecule has 0 aliphatic heterocycles. The highest BCUT2D eigenvalue weighted by Gasteiger charge is 2.33. The summed E-state index contributed by atoms with van der Waals surface area (Å²) in [5.74, 6) is 0. The van der Waals surface area contributed by atoms with Crippen LogP contribution < -0.4 is 0 Å². The van der Waals surface area contributed by atoms with Gasteiger partial charge in [0.15, 0.2) is 0 Å². The second-order valence-electron chi connectivity index (χ2n) is 5.26. The average Bonchev–Trinajstić information content (AvgIpc) is 2.35. The summed E-state index contributed by atoms with van der Waals surface area (Å²) in [7, 11) is 1.56. The molecule has 1 rings (SSSR count). The summed E-state index contributed by atoms with van der Waals surface area (Å²) in [5.41, 5.74) is -0.934. The molecule has 1 unspecified atom stereocenters. The number of halogens is 4. The van der Waals surface area contributed by atoms with Crippen LogP contribution >= 0.6 is 15.9 Å². The van der Waals surface area contributed by atoms with E-state index in [1.54, 1.807) is 7.11 Å². The minimum atomic E-state index is -4.44. The Morgan fingerprint density at radius 3 is 2.40 bits per heavy atom. The maximum Gasteiger partial charge on any atom is 0.417 e. The molecule has 2 nitrogen and oxygen atoms in total. The largest absolute Gasteiger partial charge is 0.417 e. The van der Waals surface area contributed by atoms with Crippen molar-refractivity contribution in [2.75, 3.05) is 7.11 Å². The molecule has 0 saturated heterocycles. The van der Waals surface area contributed by atoms with Crippen molar-refractivity contribution in [2.24, 2.45) is 0 Å². The maximum atomic E-state index is 12.8. The zero-order valence-electron chi connectivity index (χ0n) is 11.6. The van der Waals surface area contributed by atoms with Gasteiger partial charge in [-0.1, -0.05) is 22.0 Å². The molecule has 0 amide bonds. The zero-order valence-corrected chi connectivity index (χ0v) is 13.2.